The molecule has 0 bridgehead atoms. The van der Waals surface area contributed by atoms with E-state index in [1.165, 1.54) is 19.1 Å². The summed E-state index contributed by atoms with van der Waals surface area (Å²) < 4.78 is 43.6. The van der Waals surface area contributed by atoms with E-state index in [-0.39, 0.29) is 35.7 Å². The number of benzene rings is 1. The highest BCUT2D eigenvalue weighted by Gasteiger charge is 2.52. The number of ether oxygens (including phenoxy) is 1. The summed E-state index contributed by atoms with van der Waals surface area (Å²) in [6.45, 7) is 8.76. The van der Waals surface area contributed by atoms with E-state index >= 15 is 0 Å². The lowest BCUT2D eigenvalue weighted by Crippen LogP contribution is -2.56. The Hall–Kier alpha value is -1.86. The molecule has 7 heteroatoms. The van der Waals surface area contributed by atoms with Crippen LogP contribution in [0.4, 0.5) is 13.2 Å². The number of halogens is 3. The molecule has 0 amide bonds. The summed E-state index contributed by atoms with van der Waals surface area (Å²) in [4.78, 5) is 11.5. The lowest BCUT2D eigenvalue weighted by Gasteiger charge is -2.53. The number of esters is 1. The summed E-state index contributed by atoms with van der Waals surface area (Å²) in [5.74, 6) is 0.289. The van der Waals surface area contributed by atoms with Gasteiger partial charge in [-0.05, 0) is 67.3 Å². The maximum atomic E-state index is 12.7. The van der Waals surface area contributed by atoms with Crippen molar-refractivity contribution in [1.82, 2.24) is 5.32 Å². The van der Waals surface area contributed by atoms with Crippen molar-refractivity contribution in [1.29, 1.82) is 0 Å². The van der Waals surface area contributed by atoms with Gasteiger partial charge in [0.2, 0.25) is 0 Å². The van der Waals surface area contributed by atoms with Crippen molar-refractivity contribution in [2.75, 3.05) is 6.54 Å². The molecule has 0 aliphatic heterocycles. The van der Waals surface area contributed by atoms with Crippen molar-refractivity contribution < 1.29 is 27.8 Å². The van der Waals surface area contributed by atoms with Crippen LogP contribution in [-0.4, -0.2) is 29.3 Å². The zero-order valence-corrected chi connectivity index (χ0v) is 19.2. The van der Waals surface area contributed by atoms with Gasteiger partial charge < -0.3 is 15.2 Å². The van der Waals surface area contributed by atoms with Gasteiger partial charge in [0, 0.05) is 25.8 Å². The van der Waals surface area contributed by atoms with Gasteiger partial charge in [-0.3, -0.25) is 4.79 Å². The number of nitrogens with one attached hydrogen (secondary N) is 1. The van der Waals surface area contributed by atoms with E-state index < -0.39 is 17.3 Å². The Balaban J connectivity index is 1.64. The SMILES string of the molecule is CC(=O)O[C@@H]1C[C@@]2(O)[C@H](C)CC[C@@H]([C@H](C)CNCc3ccc(C(F)(F)F)cc3)[C@H]2C=C1C. The summed E-state index contributed by atoms with van der Waals surface area (Å²) in [7, 11) is 0. The molecule has 0 aromatic heterocycles. The highest BCUT2D eigenvalue weighted by Crippen LogP contribution is 2.51. The third-order valence-electron chi connectivity index (χ3n) is 7.40. The normalized spacial score (nSPS) is 31.4. The Morgan fingerprint density at radius 3 is 2.53 bits per heavy atom. The number of aliphatic hydroxyl groups is 1. The van der Waals surface area contributed by atoms with Gasteiger partial charge in [0.1, 0.15) is 6.10 Å². The van der Waals surface area contributed by atoms with Gasteiger partial charge in [0.15, 0.2) is 0 Å². The predicted octanol–water partition coefficient (Wildman–Crippen LogP) is 5.11. The lowest BCUT2D eigenvalue weighted by atomic mass is 9.57. The van der Waals surface area contributed by atoms with Crippen molar-refractivity contribution in [3.8, 4) is 0 Å². The fraction of sp³-hybridized carbons (Fsp3) is 0.640. The monoisotopic (exact) mass is 453 g/mol. The van der Waals surface area contributed by atoms with Gasteiger partial charge in [-0.15, -0.1) is 0 Å². The molecule has 178 valence electrons. The zero-order valence-electron chi connectivity index (χ0n) is 19.2. The average molecular weight is 454 g/mol. The summed E-state index contributed by atoms with van der Waals surface area (Å²) in [6.07, 6.45) is -0.287. The topological polar surface area (TPSA) is 58.6 Å². The number of fused-ring (bicyclic) bond motifs is 1. The third kappa shape index (κ3) is 5.37. The largest absolute Gasteiger partial charge is 0.458 e. The Morgan fingerprint density at radius 1 is 1.28 bits per heavy atom. The van der Waals surface area contributed by atoms with Crippen molar-refractivity contribution in [3.63, 3.8) is 0 Å². The van der Waals surface area contributed by atoms with E-state index in [4.69, 9.17) is 4.74 Å². The van der Waals surface area contributed by atoms with Crippen LogP contribution in [0.15, 0.2) is 35.9 Å². The molecular weight excluding hydrogens is 419 g/mol. The summed E-state index contributed by atoms with van der Waals surface area (Å²) in [5.41, 5.74) is 0.233. The van der Waals surface area contributed by atoms with Crippen molar-refractivity contribution >= 4 is 5.97 Å². The lowest BCUT2D eigenvalue weighted by molar-refractivity contribution is -0.159. The quantitative estimate of drug-likeness (QED) is 0.464. The predicted molar refractivity (Wildman–Crippen MR) is 117 cm³/mol. The molecule has 0 saturated heterocycles. The molecule has 0 radical (unpaired) electrons. The second-order valence-corrected chi connectivity index (χ2v) is 9.68. The first-order chi connectivity index (χ1) is 14.9. The zero-order chi connectivity index (χ0) is 23.7. The fourth-order valence-electron chi connectivity index (χ4n) is 5.41. The van der Waals surface area contributed by atoms with Crippen molar-refractivity contribution in [2.45, 2.75) is 71.4 Å². The highest BCUT2D eigenvalue weighted by molar-refractivity contribution is 5.66. The second kappa shape index (κ2) is 9.56. The maximum Gasteiger partial charge on any atom is 0.416 e. The molecule has 2 N–H and O–H groups in total. The average Bonchev–Trinajstić information content (AvgIpc) is 2.70. The second-order valence-electron chi connectivity index (χ2n) is 9.68. The van der Waals surface area contributed by atoms with Crippen LogP contribution >= 0.6 is 0 Å². The number of rotatable bonds is 6. The minimum absolute atomic E-state index is 0.0130. The number of hydrogen-bond donors (Lipinski definition) is 2. The van der Waals surface area contributed by atoms with Gasteiger partial charge in [0.05, 0.1) is 11.2 Å². The summed E-state index contributed by atoms with van der Waals surface area (Å²) >= 11 is 0. The van der Waals surface area contributed by atoms with Crippen molar-refractivity contribution in [2.24, 2.45) is 23.7 Å². The molecule has 1 aromatic carbocycles. The van der Waals surface area contributed by atoms with Crippen LogP contribution in [0.5, 0.6) is 0 Å². The molecule has 2 aliphatic rings. The fourth-order valence-corrected chi connectivity index (χ4v) is 5.41. The van der Waals surface area contributed by atoms with E-state index in [2.05, 4.69) is 25.2 Å². The van der Waals surface area contributed by atoms with Gasteiger partial charge in [-0.1, -0.05) is 32.1 Å². The molecule has 4 nitrogen and oxygen atoms in total. The number of carbonyl (C=O) groups excluding carboxylic acids is 1. The molecule has 1 fully saturated rings. The van der Waals surface area contributed by atoms with E-state index in [1.54, 1.807) is 0 Å². The Kier molecular flexibility index (Phi) is 7.40. The first-order valence-corrected chi connectivity index (χ1v) is 11.4. The first kappa shape index (κ1) is 24.8. The standard InChI is InChI=1S/C25H34F3NO3/c1-15-11-22-21(10-5-17(3)24(22,31)12-23(15)32-18(4)30)16(2)13-29-14-19-6-8-20(9-7-19)25(26,27)28/h6-9,11,16-17,21-23,29,31H,5,10,12-14H2,1-4H3/t16-,17-,21+,22-,23-,24-/m1/s1. The number of hydrogen-bond acceptors (Lipinski definition) is 4. The van der Waals surface area contributed by atoms with Gasteiger partial charge in [-0.25, -0.2) is 0 Å². The molecule has 0 spiro atoms. The minimum atomic E-state index is -4.32. The molecular formula is C25H34F3NO3. The molecule has 1 saturated carbocycles. The molecule has 3 rings (SSSR count). The van der Waals surface area contributed by atoms with Crippen LogP contribution in [0.2, 0.25) is 0 Å². The molecule has 1 aromatic rings. The van der Waals surface area contributed by atoms with Crippen LogP contribution < -0.4 is 5.32 Å². The molecule has 2 aliphatic carbocycles. The van der Waals surface area contributed by atoms with Gasteiger partial charge in [0.25, 0.3) is 0 Å². The maximum absolute atomic E-state index is 12.7. The van der Waals surface area contributed by atoms with Crippen LogP contribution in [0.3, 0.4) is 0 Å². The smallest absolute Gasteiger partial charge is 0.416 e. The Morgan fingerprint density at radius 2 is 1.94 bits per heavy atom. The van der Waals surface area contributed by atoms with Crippen LogP contribution in [0.25, 0.3) is 0 Å². The minimum Gasteiger partial charge on any atom is -0.458 e. The highest BCUT2D eigenvalue weighted by atomic mass is 19.4. The summed E-state index contributed by atoms with van der Waals surface area (Å²) in [6, 6.07) is 5.23. The summed E-state index contributed by atoms with van der Waals surface area (Å²) in [5, 5.41) is 15.0. The molecule has 0 unspecified atom stereocenters. The molecule has 6 atom stereocenters. The Labute approximate surface area is 188 Å². The number of carbonyl (C=O) groups is 1. The molecule has 0 heterocycles. The van der Waals surface area contributed by atoms with Gasteiger partial charge in [-0.2, -0.15) is 13.2 Å². The van der Waals surface area contributed by atoms with Crippen LogP contribution in [0, 0.1) is 23.7 Å². The molecule has 32 heavy (non-hydrogen) atoms. The van der Waals surface area contributed by atoms with E-state index in [1.807, 2.05) is 6.92 Å². The van der Waals surface area contributed by atoms with Gasteiger partial charge >= 0.3 is 12.1 Å². The first-order valence-electron chi connectivity index (χ1n) is 11.4. The van der Waals surface area contributed by atoms with Crippen molar-refractivity contribution in [3.05, 3.63) is 47.0 Å². The van der Waals surface area contributed by atoms with Crippen LogP contribution in [-0.2, 0) is 22.3 Å². The third-order valence-corrected chi connectivity index (χ3v) is 7.40. The Bertz CT molecular complexity index is 836. The number of alkyl halides is 3. The van der Waals surface area contributed by atoms with E-state index in [9.17, 15) is 23.1 Å². The van der Waals surface area contributed by atoms with Crippen LogP contribution in [0.1, 0.15) is 58.1 Å². The van der Waals surface area contributed by atoms with E-state index in [0.29, 0.717) is 19.5 Å². The van der Waals surface area contributed by atoms with E-state index in [0.717, 1.165) is 36.1 Å².